The summed E-state index contributed by atoms with van der Waals surface area (Å²) in [4.78, 5) is 15.5. The summed E-state index contributed by atoms with van der Waals surface area (Å²) in [5.41, 5.74) is 1.44. The Kier molecular flexibility index (Phi) is 6.87. The maximum atomic E-state index is 13.1. The second-order valence-corrected chi connectivity index (χ2v) is 7.87. The molecule has 0 bridgehead atoms. The van der Waals surface area contributed by atoms with Crippen LogP contribution in [0.5, 0.6) is 0 Å². The minimum Gasteiger partial charge on any atom is -0.356 e. The van der Waals surface area contributed by atoms with Gasteiger partial charge < -0.3 is 16.0 Å². The maximum Gasteiger partial charge on any atom is 0.416 e. The average molecular weight is 432 g/mol. The van der Waals surface area contributed by atoms with Crippen LogP contribution < -0.4 is 16.0 Å². The van der Waals surface area contributed by atoms with Crippen molar-refractivity contribution in [1.29, 1.82) is 0 Å². The zero-order valence-electron chi connectivity index (χ0n) is 17.6. The molecule has 3 rings (SSSR count). The van der Waals surface area contributed by atoms with Gasteiger partial charge in [-0.25, -0.2) is 0 Å². The topological polar surface area (TPSA) is 65.5 Å². The molecule has 5 nitrogen and oxygen atoms in total. The van der Waals surface area contributed by atoms with E-state index in [4.69, 9.17) is 0 Å². The molecule has 1 fully saturated rings. The van der Waals surface area contributed by atoms with E-state index in [9.17, 15) is 18.0 Å². The fourth-order valence-corrected chi connectivity index (χ4v) is 3.82. The van der Waals surface area contributed by atoms with Gasteiger partial charge in [-0.1, -0.05) is 36.8 Å². The Morgan fingerprint density at radius 1 is 1.10 bits per heavy atom. The third-order valence-electron chi connectivity index (χ3n) is 5.64. The Balaban J connectivity index is 1.63. The highest BCUT2D eigenvalue weighted by Gasteiger charge is 2.40. The highest BCUT2D eigenvalue weighted by Crippen LogP contribution is 2.44. The van der Waals surface area contributed by atoms with Crippen LogP contribution in [0, 0.1) is 0 Å². The first kappa shape index (κ1) is 22.7. The quantitative estimate of drug-likeness (QED) is 0.467. The summed E-state index contributed by atoms with van der Waals surface area (Å²) in [6.45, 7) is 2.45. The summed E-state index contributed by atoms with van der Waals surface area (Å²) < 4.78 is 39.4. The fraction of sp³-hybridized carbons (Fsp3) is 0.391. The second-order valence-electron chi connectivity index (χ2n) is 7.87. The van der Waals surface area contributed by atoms with Crippen LogP contribution in [-0.2, 0) is 22.9 Å². The summed E-state index contributed by atoms with van der Waals surface area (Å²) in [5.74, 6) is 0.436. The number of guanidine groups is 1. The van der Waals surface area contributed by atoms with Crippen molar-refractivity contribution in [3.63, 3.8) is 0 Å². The van der Waals surface area contributed by atoms with Crippen LogP contribution in [0.1, 0.15) is 42.9 Å². The van der Waals surface area contributed by atoms with E-state index in [0.717, 1.165) is 30.9 Å². The molecule has 0 unspecified atom stereocenters. The van der Waals surface area contributed by atoms with Gasteiger partial charge in [-0.2, -0.15) is 13.2 Å². The molecule has 2 aromatic carbocycles. The van der Waals surface area contributed by atoms with Gasteiger partial charge in [0.25, 0.3) is 0 Å². The Hall–Kier alpha value is -3.03. The zero-order chi connectivity index (χ0) is 22.5. The molecule has 1 saturated carbocycles. The first-order valence-electron chi connectivity index (χ1n) is 10.2. The van der Waals surface area contributed by atoms with Crippen molar-refractivity contribution in [2.75, 3.05) is 18.9 Å². The fourth-order valence-electron chi connectivity index (χ4n) is 3.82. The molecule has 1 aliphatic rings. The molecule has 0 aliphatic heterocycles. The number of halogens is 3. The van der Waals surface area contributed by atoms with Crippen LogP contribution in [0.15, 0.2) is 53.5 Å². The molecule has 0 radical (unpaired) electrons. The minimum atomic E-state index is -4.35. The van der Waals surface area contributed by atoms with Crippen LogP contribution in [-0.4, -0.2) is 25.5 Å². The molecular weight excluding hydrogens is 405 g/mol. The number of hydrogen-bond donors (Lipinski definition) is 3. The van der Waals surface area contributed by atoms with Gasteiger partial charge in [0, 0.05) is 38.2 Å². The van der Waals surface area contributed by atoms with E-state index < -0.39 is 11.7 Å². The van der Waals surface area contributed by atoms with Gasteiger partial charge in [-0.15, -0.1) is 0 Å². The van der Waals surface area contributed by atoms with Gasteiger partial charge in [0.15, 0.2) is 5.96 Å². The first-order valence-corrected chi connectivity index (χ1v) is 10.2. The van der Waals surface area contributed by atoms with Crippen molar-refractivity contribution >= 4 is 17.6 Å². The van der Waals surface area contributed by atoms with E-state index in [2.05, 4.69) is 20.9 Å². The highest BCUT2D eigenvalue weighted by atomic mass is 19.4. The summed E-state index contributed by atoms with van der Waals surface area (Å²) >= 11 is 0. The zero-order valence-corrected chi connectivity index (χ0v) is 17.6. The highest BCUT2D eigenvalue weighted by molar-refractivity contribution is 5.88. The Bertz CT molecular complexity index is 952. The number of nitrogens with one attached hydrogen (secondary N) is 3. The molecule has 3 N–H and O–H groups in total. The molecule has 166 valence electrons. The Labute approximate surface area is 180 Å². The molecule has 0 saturated heterocycles. The molecule has 0 aromatic heterocycles. The summed E-state index contributed by atoms with van der Waals surface area (Å²) in [6, 6.07) is 13.1. The van der Waals surface area contributed by atoms with Crippen molar-refractivity contribution in [3.8, 4) is 0 Å². The average Bonchev–Trinajstić information content (AvgIpc) is 2.69. The van der Waals surface area contributed by atoms with E-state index >= 15 is 0 Å². The van der Waals surface area contributed by atoms with Crippen molar-refractivity contribution < 1.29 is 18.0 Å². The molecule has 31 heavy (non-hydrogen) atoms. The van der Waals surface area contributed by atoms with E-state index in [1.807, 2.05) is 24.3 Å². The molecular formula is C23H27F3N4O. The number of hydrogen-bond acceptors (Lipinski definition) is 2. The van der Waals surface area contributed by atoms with Crippen LogP contribution in [0.4, 0.5) is 18.9 Å². The SMILES string of the molecule is CN=C(NCc1cccc(NC(C)=O)c1)NCC1(c2cccc(C(F)(F)F)c2)CCC1. The van der Waals surface area contributed by atoms with E-state index in [1.165, 1.54) is 19.1 Å². The third-order valence-corrected chi connectivity index (χ3v) is 5.64. The predicted octanol–water partition coefficient (Wildman–Crippen LogP) is 4.45. The monoisotopic (exact) mass is 432 g/mol. The lowest BCUT2D eigenvalue weighted by Crippen LogP contribution is -2.48. The summed E-state index contributed by atoms with van der Waals surface area (Å²) in [5, 5.41) is 9.24. The van der Waals surface area contributed by atoms with Crippen molar-refractivity contribution in [1.82, 2.24) is 10.6 Å². The van der Waals surface area contributed by atoms with Gasteiger partial charge in [-0.3, -0.25) is 9.79 Å². The van der Waals surface area contributed by atoms with Crippen molar-refractivity contribution in [3.05, 3.63) is 65.2 Å². The van der Waals surface area contributed by atoms with Gasteiger partial charge >= 0.3 is 6.18 Å². The van der Waals surface area contributed by atoms with Crippen LogP contribution in [0.25, 0.3) is 0 Å². The normalized spacial score (nSPS) is 15.7. The number of rotatable bonds is 6. The number of carbonyl (C=O) groups is 1. The summed E-state index contributed by atoms with van der Waals surface area (Å²) in [6.07, 6.45) is -1.70. The van der Waals surface area contributed by atoms with E-state index in [0.29, 0.717) is 30.3 Å². The number of aliphatic imine (C=N–C) groups is 1. The molecule has 0 heterocycles. The van der Waals surface area contributed by atoms with Gasteiger partial charge in [0.2, 0.25) is 5.91 Å². The van der Waals surface area contributed by atoms with Crippen molar-refractivity contribution in [2.45, 2.75) is 44.3 Å². The molecule has 8 heteroatoms. The Morgan fingerprint density at radius 2 is 1.84 bits per heavy atom. The maximum absolute atomic E-state index is 13.1. The number of alkyl halides is 3. The molecule has 2 aromatic rings. The first-order chi connectivity index (χ1) is 14.7. The number of carbonyl (C=O) groups excluding carboxylic acids is 1. The third kappa shape index (κ3) is 5.77. The number of nitrogens with zero attached hydrogens (tertiary/aromatic N) is 1. The number of anilines is 1. The Morgan fingerprint density at radius 3 is 2.45 bits per heavy atom. The largest absolute Gasteiger partial charge is 0.416 e. The lowest BCUT2D eigenvalue weighted by atomic mass is 9.64. The lowest BCUT2D eigenvalue weighted by Gasteiger charge is -2.43. The standard InChI is InChI=1S/C23H27F3N4O/c1-16(31)30-20-9-3-6-17(12-20)14-28-21(27-2)29-15-22(10-5-11-22)18-7-4-8-19(13-18)23(24,25)26/h3-4,6-9,12-13H,5,10-11,14-15H2,1-2H3,(H,30,31)(H2,27,28,29). The van der Waals surface area contributed by atoms with Crippen LogP contribution >= 0.6 is 0 Å². The molecule has 1 amide bonds. The van der Waals surface area contributed by atoms with Gasteiger partial charge in [0.05, 0.1) is 5.56 Å². The van der Waals surface area contributed by atoms with E-state index in [1.54, 1.807) is 13.1 Å². The number of benzene rings is 2. The van der Waals surface area contributed by atoms with Crippen LogP contribution in [0.3, 0.4) is 0 Å². The van der Waals surface area contributed by atoms with Crippen molar-refractivity contribution in [2.24, 2.45) is 4.99 Å². The molecule has 0 spiro atoms. The minimum absolute atomic E-state index is 0.136. The van der Waals surface area contributed by atoms with E-state index in [-0.39, 0.29) is 11.3 Å². The smallest absolute Gasteiger partial charge is 0.356 e. The lowest BCUT2D eigenvalue weighted by molar-refractivity contribution is -0.137. The summed E-state index contributed by atoms with van der Waals surface area (Å²) in [7, 11) is 1.65. The van der Waals surface area contributed by atoms with Gasteiger partial charge in [0.1, 0.15) is 0 Å². The molecule has 0 atom stereocenters. The number of amides is 1. The predicted molar refractivity (Wildman–Crippen MR) is 116 cm³/mol. The van der Waals surface area contributed by atoms with Gasteiger partial charge in [-0.05, 0) is 42.2 Å². The molecule has 1 aliphatic carbocycles. The second kappa shape index (κ2) is 9.41. The van der Waals surface area contributed by atoms with Crippen LogP contribution in [0.2, 0.25) is 0 Å².